The third kappa shape index (κ3) is 2.30. The second-order valence-corrected chi connectivity index (χ2v) is 4.55. The van der Waals surface area contributed by atoms with Crippen LogP contribution in [-0.2, 0) is 6.18 Å². The van der Waals surface area contributed by atoms with E-state index in [2.05, 4.69) is 0 Å². The summed E-state index contributed by atoms with van der Waals surface area (Å²) in [4.78, 5) is 24.2. The number of halogens is 3. The fourth-order valence-corrected chi connectivity index (χ4v) is 2.10. The topological polar surface area (TPSA) is 52.2 Å². The van der Waals surface area contributed by atoms with E-state index in [1.54, 1.807) is 12.1 Å². The number of hydrogen-bond donors (Lipinski definition) is 0. The molecule has 0 saturated carbocycles. The van der Waals surface area contributed by atoms with E-state index < -0.39 is 23.1 Å². The molecule has 0 radical (unpaired) electrons. The van der Waals surface area contributed by atoms with E-state index in [9.17, 15) is 22.8 Å². The van der Waals surface area contributed by atoms with E-state index in [1.165, 1.54) is 12.1 Å². The molecule has 0 N–H and O–H groups in total. The predicted octanol–water partition coefficient (Wildman–Crippen LogP) is 2.96. The summed E-state index contributed by atoms with van der Waals surface area (Å²) in [6, 6.07) is 9.85. The van der Waals surface area contributed by atoms with Crippen molar-refractivity contribution in [2.75, 3.05) is 0 Å². The number of fused-ring (bicyclic) bond motifs is 1. The Balaban J connectivity index is 2.23. The molecule has 0 atom stereocenters. The number of nitrogens with zero attached hydrogens (tertiary/aromatic N) is 1. The van der Waals surface area contributed by atoms with Gasteiger partial charge >= 0.3 is 11.9 Å². The van der Waals surface area contributed by atoms with Gasteiger partial charge < -0.3 is 4.42 Å². The zero-order chi connectivity index (χ0) is 15.9. The molecule has 0 aliphatic rings. The van der Waals surface area contributed by atoms with Crippen LogP contribution in [0, 0.1) is 0 Å². The molecule has 0 aliphatic carbocycles. The van der Waals surface area contributed by atoms with Crippen molar-refractivity contribution in [3.05, 3.63) is 75.0 Å². The van der Waals surface area contributed by atoms with Crippen LogP contribution in [0.1, 0.15) is 5.56 Å². The molecule has 22 heavy (non-hydrogen) atoms. The van der Waals surface area contributed by atoms with Gasteiger partial charge in [-0.15, -0.1) is 0 Å². The third-order valence-electron chi connectivity index (χ3n) is 3.15. The highest BCUT2D eigenvalue weighted by atomic mass is 19.4. The number of rotatable bonds is 1. The van der Waals surface area contributed by atoms with Crippen molar-refractivity contribution in [3.8, 4) is 5.69 Å². The van der Waals surface area contributed by atoms with Gasteiger partial charge in [0.25, 0.3) is 5.56 Å². The van der Waals surface area contributed by atoms with Crippen molar-refractivity contribution in [1.29, 1.82) is 0 Å². The molecule has 4 nitrogen and oxygen atoms in total. The van der Waals surface area contributed by atoms with Crippen LogP contribution in [0.15, 0.2) is 62.5 Å². The molecule has 0 spiro atoms. The Kier molecular flexibility index (Phi) is 3.13. The molecule has 0 saturated heterocycles. The van der Waals surface area contributed by atoms with Crippen LogP contribution in [0.2, 0.25) is 0 Å². The van der Waals surface area contributed by atoms with Crippen LogP contribution in [0.3, 0.4) is 0 Å². The zero-order valence-corrected chi connectivity index (χ0v) is 10.9. The van der Waals surface area contributed by atoms with Crippen molar-refractivity contribution in [2.24, 2.45) is 0 Å². The average molecular weight is 307 g/mol. The van der Waals surface area contributed by atoms with Gasteiger partial charge in [-0.1, -0.05) is 12.1 Å². The van der Waals surface area contributed by atoms with E-state index in [-0.39, 0.29) is 16.7 Å². The van der Waals surface area contributed by atoms with E-state index >= 15 is 0 Å². The highest BCUT2D eigenvalue weighted by Gasteiger charge is 2.30. The first-order chi connectivity index (χ1) is 10.4. The average Bonchev–Trinajstić information content (AvgIpc) is 2.47. The normalized spacial score (nSPS) is 11.8. The fraction of sp³-hybridized carbons (Fsp3) is 0.0667. The predicted molar refractivity (Wildman–Crippen MR) is 73.1 cm³/mol. The Bertz CT molecular complexity index is 953. The Labute approximate surface area is 121 Å². The van der Waals surface area contributed by atoms with Gasteiger partial charge in [0.1, 0.15) is 5.58 Å². The molecule has 7 heteroatoms. The lowest BCUT2D eigenvalue weighted by atomic mass is 10.2. The molecule has 0 amide bonds. The minimum absolute atomic E-state index is 0.0116. The van der Waals surface area contributed by atoms with Crippen molar-refractivity contribution in [3.63, 3.8) is 0 Å². The van der Waals surface area contributed by atoms with Gasteiger partial charge in [-0.25, -0.2) is 9.36 Å². The SMILES string of the molecule is O=c1oc2ccccc2c(=O)n1-c1ccc(C(F)(F)F)cc1. The summed E-state index contributed by atoms with van der Waals surface area (Å²) >= 11 is 0. The van der Waals surface area contributed by atoms with Crippen LogP contribution in [0.4, 0.5) is 13.2 Å². The molecule has 3 aromatic rings. The fourth-order valence-electron chi connectivity index (χ4n) is 2.10. The van der Waals surface area contributed by atoms with Crippen LogP contribution >= 0.6 is 0 Å². The van der Waals surface area contributed by atoms with Gasteiger partial charge in [0.05, 0.1) is 16.6 Å². The van der Waals surface area contributed by atoms with Gasteiger partial charge in [-0.2, -0.15) is 13.2 Å². The molecule has 0 bridgehead atoms. The smallest absolute Gasteiger partial charge is 0.409 e. The second kappa shape index (κ2) is 4.87. The summed E-state index contributed by atoms with van der Waals surface area (Å²) in [6.45, 7) is 0. The van der Waals surface area contributed by atoms with Gasteiger partial charge in [-0.05, 0) is 36.4 Å². The van der Waals surface area contributed by atoms with Gasteiger partial charge in [-0.3, -0.25) is 4.79 Å². The summed E-state index contributed by atoms with van der Waals surface area (Å²) in [7, 11) is 0. The number of aromatic nitrogens is 1. The number of hydrogen-bond acceptors (Lipinski definition) is 3. The summed E-state index contributed by atoms with van der Waals surface area (Å²) in [5, 5.41) is 0.169. The van der Waals surface area contributed by atoms with Crippen LogP contribution in [0.5, 0.6) is 0 Å². The van der Waals surface area contributed by atoms with Gasteiger partial charge in [0.2, 0.25) is 0 Å². The van der Waals surface area contributed by atoms with E-state index in [1.807, 2.05) is 0 Å². The van der Waals surface area contributed by atoms with E-state index in [0.29, 0.717) is 4.57 Å². The van der Waals surface area contributed by atoms with Gasteiger partial charge in [0, 0.05) is 0 Å². The zero-order valence-electron chi connectivity index (χ0n) is 10.9. The number of benzene rings is 2. The minimum atomic E-state index is -4.49. The molecule has 2 aromatic carbocycles. The molecule has 1 heterocycles. The van der Waals surface area contributed by atoms with Crippen molar-refractivity contribution in [2.45, 2.75) is 6.18 Å². The Morgan fingerprint density at radius 1 is 0.909 bits per heavy atom. The van der Waals surface area contributed by atoms with Crippen LogP contribution in [0.25, 0.3) is 16.7 Å². The first-order valence-corrected chi connectivity index (χ1v) is 6.20. The number of alkyl halides is 3. The summed E-state index contributed by atoms with van der Waals surface area (Å²) in [6.07, 6.45) is -4.49. The number of para-hydroxylation sites is 1. The lowest BCUT2D eigenvalue weighted by Crippen LogP contribution is -2.30. The maximum Gasteiger partial charge on any atom is 0.426 e. The minimum Gasteiger partial charge on any atom is -0.409 e. The highest BCUT2D eigenvalue weighted by Crippen LogP contribution is 2.29. The van der Waals surface area contributed by atoms with Crippen LogP contribution in [-0.4, -0.2) is 4.57 Å². The van der Waals surface area contributed by atoms with Crippen molar-refractivity contribution in [1.82, 2.24) is 4.57 Å². The molecular formula is C15H8F3NO3. The Morgan fingerprint density at radius 2 is 1.55 bits per heavy atom. The maximum absolute atomic E-state index is 12.5. The molecule has 0 unspecified atom stereocenters. The first kappa shape index (κ1) is 14.1. The highest BCUT2D eigenvalue weighted by molar-refractivity contribution is 5.75. The van der Waals surface area contributed by atoms with Crippen molar-refractivity contribution >= 4 is 11.0 Å². The summed E-state index contributed by atoms with van der Waals surface area (Å²) < 4.78 is 43.3. The molecule has 0 fully saturated rings. The lowest BCUT2D eigenvalue weighted by molar-refractivity contribution is -0.137. The monoisotopic (exact) mass is 307 g/mol. The largest absolute Gasteiger partial charge is 0.426 e. The molecule has 3 rings (SSSR count). The maximum atomic E-state index is 12.5. The standard InChI is InChI=1S/C15H8F3NO3/c16-15(17,18)9-5-7-10(8-6-9)19-13(20)11-3-1-2-4-12(11)22-14(19)21/h1-8H. The van der Waals surface area contributed by atoms with E-state index in [0.717, 1.165) is 24.3 Å². The molecule has 112 valence electrons. The third-order valence-corrected chi connectivity index (χ3v) is 3.15. The van der Waals surface area contributed by atoms with Gasteiger partial charge in [0.15, 0.2) is 0 Å². The van der Waals surface area contributed by atoms with Crippen LogP contribution < -0.4 is 11.3 Å². The van der Waals surface area contributed by atoms with Crippen molar-refractivity contribution < 1.29 is 17.6 Å². The molecular weight excluding hydrogens is 299 g/mol. The van der Waals surface area contributed by atoms with E-state index in [4.69, 9.17) is 4.42 Å². The Hall–Kier alpha value is -2.83. The first-order valence-electron chi connectivity index (χ1n) is 6.20. The summed E-state index contributed by atoms with van der Waals surface area (Å²) in [5.41, 5.74) is -1.38. The summed E-state index contributed by atoms with van der Waals surface area (Å²) in [5.74, 6) is -0.955. The lowest BCUT2D eigenvalue weighted by Gasteiger charge is -2.08. The second-order valence-electron chi connectivity index (χ2n) is 4.55. The molecule has 1 aromatic heterocycles. The Morgan fingerprint density at radius 3 is 2.18 bits per heavy atom. The quantitative estimate of drug-likeness (QED) is 0.694. The molecule has 0 aliphatic heterocycles.